The summed E-state index contributed by atoms with van der Waals surface area (Å²) >= 11 is 0. The van der Waals surface area contributed by atoms with E-state index in [1.165, 1.54) is 16.3 Å². The molecule has 144 valence electrons. The first kappa shape index (κ1) is 19.8. The predicted molar refractivity (Wildman–Crippen MR) is 116 cm³/mol. The Balaban J connectivity index is 1.76. The molecule has 3 aromatic rings. The molecule has 0 aliphatic heterocycles. The molecule has 0 aliphatic carbocycles. The lowest BCUT2D eigenvalue weighted by atomic mass is 9.98. The van der Waals surface area contributed by atoms with Crippen LogP contribution in [0.15, 0.2) is 72.8 Å². The van der Waals surface area contributed by atoms with Crippen LogP contribution in [0.2, 0.25) is 0 Å². The first-order chi connectivity index (χ1) is 13.4. The molecule has 3 aromatic carbocycles. The number of hydrogen-bond acceptors (Lipinski definition) is 3. The number of carbonyl (C=O) groups is 1. The molecule has 0 amide bonds. The molecule has 0 atom stereocenters. The van der Waals surface area contributed by atoms with Crippen LogP contribution >= 0.6 is 0 Å². The molecule has 3 rings (SSSR count). The highest BCUT2D eigenvalue weighted by Crippen LogP contribution is 2.29. The van der Waals surface area contributed by atoms with Gasteiger partial charge in [-0.3, -0.25) is 0 Å². The van der Waals surface area contributed by atoms with Gasteiger partial charge in [0.25, 0.3) is 0 Å². The monoisotopic (exact) mass is 374 g/mol. The summed E-state index contributed by atoms with van der Waals surface area (Å²) in [4.78, 5) is 11.7. The second-order valence-corrected chi connectivity index (χ2v) is 7.29. The van der Waals surface area contributed by atoms with E-state index in [1.807, 2.05) is 25.1 Å². The number of fused-ring (bicyclic) bond motifs is 3. The molecule has 28 heavy (non-hydrogen) atoms. The van der Waals surface area contributed by atoms with E-state index < -0.39 is 5.97 Å². The predicted octanol–water partition coefficient (Wildman–Crippen LogP) is 6.00. The minimum Gasteiger partial charge on any atom is -0.423 e. The minimum absolute atomic E-state index is 0.385. The summed E-state index contributed by atoms with van der Waals surface area (Å²) in [6, 6.07) is 16.5. The van der Waals surface area contributed by atoms with E-state index in [1.54, 1.807) is 6.92 Å². The fourth-order valence-corrected chi connectivity index (χ4v) is 3.14. The van der Waals surface area contributed by atoms with E-state index in [0.29, 0.717) is 17.9 Å². The highest BCUT2D eigenvalue weighted by atomic mass is 16.5. The second-order valence-electron chi connectivity index (χ2n) is 7.29. The van der Waals surface area contributed by atoms with E-state index in [4.69, 9.17) is 9.47 Å². The maximum absolute atomic E-state index is 11.7. The number of rotatable bonds is 8. The summed E-state index contributed by atoms with van der Waals surface area (Å²) in [5, 5.41) is 4.58. The van der Waals surface area contributed by atoms with Gasteiger partial charge in [0.2, 0.25) is 0 Å². The van der Waals surface area contributed by atoms with Gasteiger partial charge in [0.15, 0.2) is 0 Å². The Morgan fingerprint density at radius 1 is 0.929 bits per heavy atom. The molecule has 0 fully saturated rings. The lowest BCUT2D eigenvalue weighted by Crippen LogP contribution is -2.07. The molecule has 0 unspecified atom stereocenters. The topological polar surface area (TPSA) is 35.5 Å². The minimum atomic E-state index is -0.406. The van der Waals surface area contributed by atoms with Crippen LogP contribution < -0.4 is 4.74 Å². The van der Waals surface area contributed by atoms with Gasteiger partial charge in [-0.25, -0.2) is 4.79 Å². The molecule has 3 heteroatoms. The van der Waals surface area contributed by atoms with Gasteiger partial charge in [-0.2, -0.15) is 0 Å². The lowest BCUT2D eigenvalue weighted by molar-refractivity contribution is -0.130. The smallest absolute Gasteiger partial charge is 0.338 e. The molecule has 0 bridgehead atoms. The van der Waals surface area contributed by atoms with Crippen molar-refractivity contribution in [3.05, 3.63) is 78.4 Å². The highest BCUT2D eigenvalue weighted by molar-refractivity contribution is 6.08. The first-order valence-electron chi connectivity index (χ1n) is 9.49. The second kappa shape index (κ2) is 8.85. The lowest BCUT2D eigenvalue weighted by Gasteiger charge is -2.09. The van der Waals surface area contributed by atoms with Crippen LogP contribution in [-0.2, 0) is 16.0 Å². The quantitative estimate of drug-likeness (QED) is 0.121. The summed E-state index contributed by atoms with van der Waals surface area (Å²) < 4.78 is 10.9. The summed E-state index contributed by atoms with van der Waals surface area (Å²) in [6.07, 6.45) is 1.98. The van der Waals surface area contributed by atoms with Crippen LogP contribution in [-0.4, -0.2) is 19.2 Å². The van der Waals surface area contributed by atoms with Gasteiger partial charge < -0.3 is 9.47 Å². The van der Waals surface area contributed by atoms with E-state index in [-0.39, 0.29) is 0 Å². The fourth-order valence-electron chi connectivity index (χ4n) is 3.14. The third-order valence-corrected chi connectivity index (χ3v) is 4.53. The van der Waals surface area contributed by atoms with Crippen LogP contribution in [0.4, 0.5) is 0 Å². The normalized spacial score (nSPS) is 10.9. The standard InChI is InChI=1S/C25H26O3/c1-17(2)16-27-13-5-6-19-7-11-23-20(14-19)8-9-21-15-22(10-12-24(21)23)28-25(26)18(3)4/h7-12,14-15H,1,3,5-6,13,16H2,2,4H3. The number of carbonyl (C=O) groups excluding carboxylic acids is 1. The molecule has 0 spiro atoms. The third kappa shape index (κ3) is 4.87. The number of esters is 1. The Morgan fingerprint density at radius 3 is 2.29 bits per heavy atom. The molecule has 0 saturated carbocycles. The van der Waals surface area contributed by atoms with E-state index in [9.17, 15) is 4.79 Å². The number of benzene rings is 3. The zero-order chi connectivity index (χ0) is 20.1. The molecule has 0 saturated heterocycles. The summed E-state index contributed by atoms with van der Waals surface area (Å²) in [5.74, 6) is 0.128. The Kier molecular flexibility index (Phi) is 6.27. The SMILES string of the molecule is C=C(C)COCCCc1ccc2c(ccc3cc(OC(=O)C(=C)C)ccc32)c1. The van der Waals surface area contributed by atoms with Gasteiger partial charge in [0.05, 0.1) is 6.61 Å². The molecule has 0 aromatic heterocycles. The molecule has 0 heterocycles. The Morgan fingerprint density at radius 2 is 1.61 bits per heavy atom. The molecule has 3 nitrogen and oxygen atoms in total. The van der Waals surface area contributed by atoms with Crippen molar-refractivity contribution in [2.24, 2.45) is 0 Å². The first-order valence-corrected chi connectivity index (χ1v) is 9.49. The van der Waals surface area contributed by atoms with E-state index in [2.05, 4.69) is 43.5 Å². The fraction of sp³-hybridized carbons (Fsp3) is 0.240. The Labute approximate surface area is 166 Å². The average molecular weight is 374 g/mol. The van der Waals surface area contributed by atoms with Crippen LogP contribution in [0.1, 0.15) is 25.8 Å². The van der Waals surface area contributed by atoms with Gasteiger partial charge in [-0.1, -0.05) is 55.1 Å². The average Bonchev–Trinajstić information content (AvgIpc) is 2.66. The van der Waals surface area contributed by atoms with Gasteiger partial charge >= 0.3 is 5.97 Å². The molecule has 0 N–H and O–H groups in total. The molecular weight excluding hydrogens is 348 g/mol. The van der Waals surface area contributed by atoms with Crippen molar-refractivity contribution in [2.75, 3.05) is 13.2 Å². The summed E-state index contributed by atoms with van der Waals surface area (Å²) in [6.45, 7) is 12.4. The zero-order valence-corrected chi connectivity index (χ0v) is 16.6. The number of hydrogen-bond donors (Lipinski definition) is 0. The van der Waals surface area contributed by atoms with Crippen LogP contribution in [0.3, 0.4) is 0 Å². The molecule has 0 aliphatic rings. The summed E-state index contributed by atoms with van der Waals surface area (Å²) in [7, 11) is 0. The van der Waals surface area contributed by atoms with Crippen molar-refractivity contribution in [3.8, 4) is 5.75 Å². The molecular formula is C25H26O3. The van der Waals surface area contributed by atoms with Gasteiger partial charge in [0, 0.05) is 12.2 Å². The largest absolute Gasteiger partial charge is 0.423 e. The van der Waals surface area contributed by atoms with Crippen LogP contribution in [0.5, 0.6) is 5.75 Å². The van der Waals surface area contributed by atoms with Crippen LogP contribution in [0.25, 0.3) is 21.5 Å². The van der Waals surface area contributed by atoms with Crippen molar-refractivity contribution in [2.45, 2.75) is 26.7 Å². The maximum atomic E-state index is 11.7. The summed E-state index contributed by atoms with van der Waals surface area (Å²) in [5.41, 5.74) is 2.74. The van der Waals surface area contributed by atoms with Crippen molar-refractivity contribution < 1.29 is 14.3 Å². The van der Waals surface area contributed by atoms with Gasteiger partial charge in [-0.15, -0.1) is 0 Å². The van der Waals surface area contributed by atoms with Crippen molar-refractivity contribution >= 4 is 27.5 Å². The van der Waals surface area contributed by atoms with Crippen molar-refractivity contribution in [1.82, 2.24) is 0 Å². The van der Waals surface area contributed by atoms with Gasteiger partial charge in [0.1, 0.15) is 5.75 Å². The highest BCUT2D eigenvalue weighted by Gasteiger charge is 2.08. The zero-order valence-electron chi connectivity index (χ0n) is 16.6. The maximum Gasteiger partial charge on any atom is 0.338 e. The molecule has 0 radical (unpaired) electrons. The van der Waals surface area contributed by atoms with Crippen LogP contribution in [0, 0.1) is 0 Å². The Hall–Kier alpha value is -2.91. The van der Waals surface area contributed by atoms with Crippen molar-refractivity contribution in [3.63, 3.8) is 0 Å². The van der Waals surface area contributed by atoms with Crippen molar-refractivity contribution in [1.29, 1.82) is 0 Å². The Bertz CT molecular complexity index is 1050. The third-order valence-electron chi connectivity index (χ3n) is 4.53. The van der Waals surface area contributed by atoms with Gasteiger partial charge in [-0.05, 0) is 65.9 Å². The van der Waals surface area contributed by atoms with E-state index in [0.717, 1.165) is 35.8 Å². The van der Waals surface area contributed by atoms with E-state index >= 15 is 0 Å². The number of aryl methyl sites for hydroxylation is 1. The number of ether oxygens (including phenoxy) is 2.